The van der Waals surface area contributed by atoms with Gasteiger partial charge < -0.3 is 9.64 Å². The van der Waals surface area contributed by atoms with Crippen LogP contribution in [0.2, 0.25) is 0 Å². The first kappa shape index (κ1) is 19.1. The quantitative estimate of drug-likeness (QED) is 0.735. The summed E-state index contributed by atoms with van der Waals surface area (Å²) in [5, 5.41) is 4.57. The number of rotatable bonds is 6. The zero-order valence-corrected chi connectivity index (χ0v) is 16.3. The smallest absolute Gasteiger partial charge is 0.359 e. The second-order valence-electron chi connectivity index (χ2n) is 7.12. The number of nitrogens with zero attached hydrogens (tertiary/aromatic N) is 3. The molecule has 1 aliphatic rings. The zero-order chi connectivity index (χ0) is 19.4. The van der Waals surface area contributed by atoms with Crippen LogP contribution in [0.25, 0.3) is 0 Å². The Kier molecular flexibility index (Phi) is 5.94. The van der Waals surface area contributed by atoms with E-state index >= 15 is 0 Å². The van der Waals surface area contributed by atoms with Crippen LogP contribution in [0.4, 0.5) is 0 Å². The monoisotopic (exact) mass is 369 g/mol. The summed E-state index contributed by atoms with van der Waals surface area (Å²) in [6, 6.07) is 10.2. The van der Waals surface area contributed by atoms with E-state index in [4.69, 9.17) is 4.74 Å². The Bertz CT molecular complexity index is 812. The lowest BCUT2D eigenvalue weighted by molar-refractivity contribution is -0.135. The van der Waals surface area contributed by atoms with Gasteiger partial charge in [-0.2, -0.15) is 5.10 Å². The van der Waals surface area contributed by atoms with E-state index < -0.39 is 5.97 Å². The highest BCUT2D eigenvalue weighted by molar-refractivity contribution is 5.89. The standard InChI is InChI=1S/C21H27N3O3/c1-4-27-21(26)19-17-14-23(20(25)15(2)3)12-11-18(17)24(22-19)13-10-16-8-6-5-7-9-16/h5-9,15H,4,10-14H2,1-3H3. The van der Waals surface area contributed by atoms with Gasteiger partial charge in [0.2, 0.25) is 5.91 Å². The molecule has 0 fully saturated rings. The van der Waals surface area contributed by atoms with Crippen LogP contribution in [0.1, 0.15) is 48.1 Å². The van der Waals surface area contributed by atoms with E-state index in [-0.39, 0.29) is 11.8 Å². The molecule has 1 amide bonds. The van der Waals surface area contributed by atoms with E-state index in [0.29, 0.717) is 38.4 Å². The van der Waals surface area contributed by atoms with Crippen molar-refractivity contribution in [2.24, 2.45) is 5.92 Å². The van der Waals surface area contributed by atoms with Crippen LogP contribution in [-0.2, 0) is 35.5 Å². The van der Waals surface area contributed by atoms with E-state index in [1.807, 2.05) is 41.6 Å². The van der Waals surface area contributed by atoms with Crippen molar-refractivity contribution in [2.45, 2.75) is 46.7 Å². The van der Waals surface area contributed by atoms with Gasteiger partial charge in [-0.3, -0.25) is 9.48 Å². The average molecular weight is 369 g/mol. The van der Waals surface area contributed by atoms with Gasteiger partial charge in [0.15, 0.2) is 5.69 Å². The van der Waals surface area contributed by atoms with Gasteiger partial charge in [0.05, 0.1) is 6.61 Å². The molecule has 2 heterocycles. The fourth-order valence-corrected chi connectivity index (χ4v) is 3.47. The molecule has 0 N–H and O–H groups in total. The predicted molar refractivity (Wildman–Crippen MR) is 102 cm³/mol. The fraction of sp³-hybridized carbons (Fsp3) is 0.476. The predicted octanol–water partition coefficient (Wildman–Crippen LogP) is 2.84. The molecule has 27 heavy (non-hydrogen) atoms. The van der Waals surface area contributed by atoms with Crippen LogP contribution in [0, 0.1) is 5.92 Å². The zero-order valence-electron chi connectivity index (χ0n) is 16.3. The summed E-state index contributed by atoms with van der Waals surface area (Å²) in [4.78, 5) is 26.6. The molecular weight excluding hydrogens is 342 g/mol. The fourth-order valence-electron chi connectivity index (χ4n) is 3.47. The molecule has 0 spiro atoms. The number of aryl methyl sites for hydroxylation is 2. The second-order valence-corrected chi connectivity index (χ2v) is 7.12. The minimum atomic E-state index is -0.411. The van der Waals surface area contributed by atoms with Crippen molar-refractivity contribution in [3.8, 4) is 0 Å². The molecule has 0 bridgehead atoms. The molecule has 2 aromatic rings. The summed E-state index contributed by atoms with van der Waals surface area (Å²) in [5.74, 6) is -0.371. The lowest BCUT2D eigenvalue weighted by Gasteiger charge is -2.29. The largest absolute Gasteiger partial charge is 0.461 e. The van der Waals surface area contributed by atoms with E-state index in [9.17, 15) is 9.59 Å². The maximum Gasteiger partial charge on any atom is 0.359 e. The van der Waals surface area contributed by atoms with Crippen molar-refractivity contribution >= 4 is 11.9 Å². The Morgan fingerprint density at radius 3 is 2.63 bits per heavy atom. The Labute approximate surface area is 160 Å². The molecule has 0 saturated carbocycles. The molecule has 0 saturated heterocycles. The molecule has 1 aromatic carbocycles. The number of carbonyl (C=O) groups is 2. The van der Waals surface area contributed by atoms with Gasteiger partial charge in [-0.15, -0.1) is 0 Å². The SMILES string of the molecule is CCOC(=O)c1nn(CCc2ccccc2)c2c1CN(C(=O)C(C)C)CC2. The summed E-state index contributed by atoms with van der Waals surface area (Å²) in [7, 11) is 0. The van der Waals surface area contributed by atoms with E-state index in [1.165, 1.54) is 5.56 Å². The Hall–Kier alpha value is -2.63. The van der Waals surface area contributed by atoms with Crippen molar-refractivity contribution in [1.29, 1.82) is 0 Å². The first-order valence-corrected chi connectivity index (χ1v) is 9.59. The van der Waals surface area contributed by atoms with E-state index in [1.54, 1.807) is 6.92 Å². The summed E-state index contributed by atoms with van der Waals surface area (Å²) >= 11 is 0. The van der Waals surface area contributed by atoms with E-state index in [2.05, 4.69) is 17.2 Å². The van der Waals surface area contributed by atoms with Gasteiger partial charge in [0.25, 0.3) is 0 Å². The Morgan fingerprint density at radius 2 is 1.96 bits per heavy atom. The lowest BCUT2D eigenvalue weighted by atomic mass is 10.0. The summed E-state index contributed by atoms with van der Waals surface area (Å²) < 4.78 is 7.12. The summed E-state index contributed by atoms with van der Waals surface area (Å²) in [5.41, 5.74) is 3.46. The molecule has 6 nitrogen and oxygen atoms in total. The van der Waals surface area contributed by atoms with Gasteiger partial charge >= 0.3 is 5.97 Å². The molecular formula is C21H27N3O3. The molecule has 0 atom stereocenters. The highest BCUT2D eigenvalue weighted by Crippen LogP contribution is 2.25. The van der Waals surface area contributed by atoms with Crippen LogP contribution in [0.5, 0.6) is 0 Å². The minimum absolute atomic E-state index is 0.0641. The number of hydrogen-bond acceptors (Lipinski definition) is 4. The van der Waals surface area contributed by atoms with Crippen molar-refractivity contribution in [2.75, 3.05) is 13.2 Å². The lowest BCUT2D eigenvalue weighted by Crippen LogP contribution is -2.39. The number of esters is 1. The molecule has 0 radical (unpaired) electrons. The molecule has 0 aliphatic carbocycles. The summed E-state index contributed by atoms with van der Waals surface area (Å²) in [6.45, 7) is 7.66. The van der Waals surface area contributed by atoms with Gasteiger partial charge in [-0.25, -0.2) is 4.79 Å². The molecule has 1 aliphatic heterocycles. The van der Waals surface area contributed by atoms with Crippen LogP contribution in [0.3, 0.4) is 0 Å². The minimum Gasteiger partial charge on any atom is -0.461 e. The first-order valence-electron chi connectivity index (χ1n) is 9.59. The number of benzene rings is 1. The van der Waals surface area contributed by atoms with Gasteiger partial charge in [-0.1, -0.05) is 44.2 Å². The number of aromatic nitrogens is 2. The van der Waals surface area contributed by atoms with Crippen LogP contribution < -0.4 is 0 Å². The van der Waals surface area contributed by atoms with Crippen molar-refractivity contribution in [1.82, 2.24) is 14.7 Å². The second kappa shape index (κ2) is 8.37. The first-order chi connectivity index (χ1) is 13.0. The highest BCUT2D eigenvalue weighted by atomic mass is 16.5. The van der Waals surface area contributed by atoms with Crippen molar-refractivity contribution < 1.29 is 14.3 Å². The van der Waals surface area contributed by atoms with Crippen LogP contribution in [0.15, 0.2) is 30.3 Å². The topological polar surface area (TPSA) is 64.4 Å². The van der Waals surface area contributed by atoms with Gasteiger partial charge in [0, 0.05) is 43.2 Å². The number of carbonyl (C=O) groups excluding carboxylic acids is 2. The third kappa shape index (κ3) is 4.21. The number of hydrogen-bond donors (Lipinski definition) is 0. The Balaban J connectivity index is 1.87. The third-order valence-corrected chi connectivity index (χ3v) is 4.86. The highest BCUT2D eigenvalue weighted by Gasteiger charge is 2.31. The number of amides is 1. The molecule has 144 valence electrons. The maximum absolute atomic E-state index is 12.4. The van der Waals surface area contributed by atoms with Crippen molar-refractivity contribution in [3.63, 3.8) is 0 Å². The summed E-state index contributed by atoms with van der Waals surface area (Å²) in [6.07, 6.45) is 1.54. The van der Waals surface area contributed by atoms with Crippen molar-refractivity contribution in [3.05, 3.63) is 52.8 Å². The van der Waals surface area contributed by atoms with Crippen LogP contribution >= 0.6 is 0 Å². The number of ether oxygens (including phenoxy) is 1. The molecule has 0 unspecified atom stereocenters. The Morgan fingerprint density at radius 1 is 1.22 bits per heavy atom. The van der Waals surface area contributed by atoms with E-state index in [0.717, 1.165) is 17.7 Å². The number of fused-ring (bicyclic) bond motifs is 1. The molecule has 6 heteroatoms. The normalized spacial score (nSPS) is 13.6. The maximum atomic E-state index is 12.4. The van der Waals surface area contributed by atoms with Gasteiger partial charge in [0.1, 0.15) is 0 Å². The third-order valence-electron chi connectivity index (χ3n) is 4.86. The molecule has 3 rings (SSSR count). The van der Waals surface area contributed by atoms with Crippen LogP contribution in [-0.4, -0.2) is 39.7 Å². The molecule has 1 aromatic heterocycles. The van der Waals surface area contributed by atoms with Gasteiger partial charge in [-0.05, 0) is 18.9 Å². The average Bonchev–Trinajstić information content (AvgIpc) is 3.04.